The summed E-state index contributed by atoms with van der Waals surface area (Å²) < 4.78 is 27.5. The molecule has 1 aliphatic heterocycles. The lowest BCUT2D eigenvalue weighted by Crippen LogP contribution is -2.32. The van der Waals surface area contributed by atoms with Crippen LogP contribution in [0.5, 0.6) is 5.75 Å². The van der Waals surface area contributed by atoms with Gasteiger partial charge in [0.05, 0.1) is 10.4 Å². The average Bonchev–Trinajstić information content (AvgIpc) is 3.11. The number of carbonyl (C=O) groups excluding carboxylic acids is 3. The van der Waals surface area contributed by atoms with Gasteiger partial charge in [-0.3, -0.25) is 14.4 Å². The van der Waals surface area contributed by atoms with E-state index in [0.29, 0.717) is 6.42 Å². The Labute approximate surface area is 166 Å². The number of aryl methyl sites for hydroxylation is 1. The number of fused-ring (bicyclic) bond motifs is 1. The summed E-state index contributed by atoms with van der Waals surface area (Å²) in [5, 5.41) is 10.6. The maximum absolute atomic E-state index is 12.8. The number of carbonyl (C=O) groups is 3. The van der Waals surface area contributed by atoms with Gasteiger partial charge in [0.25, 0.3) is 15.6 Å². The maximum Gasteiger partial charge on any atom is 0.266 e. The van der Waals surface area contributed by atoms with Crippen LogP contribution in [0.15, 0.2) is 27.9 Å². The van der Waals surface area contributed by atoms with Gasteiger partial charge in [-0.2, -0.15) is 0 Å². The van der Waals surface area contributed by atoms with E-state index in [4.69, 9.17) is 0 Å². The lowest BCUT2D eigenvalue weighted by molar-refractivity contribution is -0.123. The Bertz CT molecular complexity index is 1210. The summed E-state index contributed by atoms with van der Waals surface area (Å²) in [5.74, 6) is -2.08. The van der Waals surface area contributed by atoms with Crippen molar-refractivity contribution in [3.63, 3.8) is 0 Å². The molecule has 29 heavy (non-hydrogen) atoms. The third-order valence-corrected chi connectivity index (χ3v) is 6.76. The van der Waals surface area contributed by atoms with Crippen molar-refractivity contribution in [3.05, 3.63) is 34.1 Å². The summed E-state index contributed by atoms with van der Waals surface area (Å²) in [4.78, 5) is 47.8. The third kappa shape index (κ3) is 3.55. The first kappa shape index (κ1) is 20.7. The number of sulfonamides is 1. The topological polar surface area (TPSA) is 131 Å². The summed E-state index contributed by atoms with van der Waals surface area (Å²) in [6.45, 7) is 1.38. The highest BCUT2D eigenvalue weighted by Crippen LogP contribution is 2.31. The van der Waals surface area contributed by atoms with Crippen LogP contribution in [0.2, 0.25) is 0 Å². The van der Waals surface area contributed by atoms with Crippen molar-refractivity contribution in [2.45, 2.75) is 37.5 Å². The van der Waals surface area contributed by atoms with E-state index < -0.39 is 38.6 Å². The van der Waals surface area contributed by atoms with Gasteiger partial charge in [-0.05, 0) is 31.5 Å². The molecule has 3 rings (SSSR count). The van der Waals surface area contributed by atoms with Crippen LogP contribution in [0.1, 0.15) is 43.0 Å². The molecule has 2 heterocycles. The predicted molar refractivity (Wildman–Crippen MR) is 103 cm³/mol. The van der Waals surface area contributed by atoms with Gasteiger partial charge in [0.1, 0.15) is 17.1 Å². The van der Waals surface area contributed by atoms with Crippen molar-refractivity contribution in [1.82, 2.24) is 8.87 Å². The molecule has 0 spiro atoms. The fourth-order valence-corrected chi connectivity index (χ4v) is 4.83. The van der Waals surface area contributed by atoms with Crippen LogP contribution in [0.25, 0.3) is 10.9 Å². The second-order valence-electron chi connectivity index (χ2n) is 6.97. The minimum atomic E-state index is -4.12. The number of hydrogen-bond acceptors (Lipinski definition) is 7. The monoisotopic (exact) mass is 420 g/mol. The number of pyridine rings is 1. The van der Waals surface area contributed by atoms with Crippen LogP contribution in [0.4, 0.5) is 0 Å². The Kier molecular flexibility index (Phi) is 5.31. The lowest BCUT2D eigenvalue weighted by atomic mass is 10.0. The maximum atomic E-state index is 12.8. The Morgan fingerprint density at radius 2 is 1.86 bits per heavy atom. The normalized spacial score (nSPS) is 14.6. The standard InChI is InChI=1S/C19H20N2O7S/c1-11(22)5-8-15(23)17-18(25)13-10-12(6-7-14(13)20(2)19(17)26)29(27,28)21-9-3-4-16(21)24/h6-7,10,25H,3-5,8-9H2,1-2H3. The number of hydrogen-bond donors (Lipinski definition) is 1. The molecule has 9 nitrogen and oxygen atoms in total. The van der Waals surface area contributed by atoms with Crippen molar-refractivity contribution in [2.24, 2.45) is 7.05 Å². The fourth-order valence-electron chi connectivity index (χ4n) is 3.34. The molecule has 1 saturated heterocycles. The van der Waals surface area contributed by atoms with E-state index in [9.17, 15) is 32.7 Å². The third-order valence-electron chi connectivity index (χ3n) is 4.94. The van der Waals surface area contributed by atoms with Gasteiger partial charge in [-0.25, -0.2) is 12.7 Å². The number of aromatic nitrogens is 1. The fraction of sp³-hybridized carbons (Fsp3) is 0.368. The molecule has 1 amide bonds. The SMILES string of the molecule is CC(=O)CCC(=O)c1c(O)c2cc(S(=O)(=O)N3CCCC3=O)ccc2n(C)c1=O. The predicted octanol–water partition coefficient (Wildman–Crippen LogP) is 1.11. The quantitative estimate of drug-likeness (QED) is 0.693. The molecule has 0 atom stereocenters. The Hall–Kier alpha value is -3.01. The van der Waals surface area contributed by atoms with Crippen LogP contribution >= 0.6 is 0 Å². The van der Waals surface area contributed by atoms with Gasteiger partial charge < -0.3 is 14.5 Å². The molecule has 0 aliphatic carbocycles. The van der Waals surface area contributed by atoms with Crippen LogP contribution in [0.3, 0.4) is 0 Å². The largest absolute Gasteiger partial charge is 0.506 e. The zero-order valence-electron chi connectivity index (χ0n) is 16.0. The molecule has 0 radical (unpaired) electrons. The highest BCUT2D eigenvalue weighted by Gasteiger charge is 2.33. The molecule has 1 N–H and O–H groups in total. The van der Waals surface area contributed by atoms with Crippen LogP contribution in [-0.2, 0) is 26.7 Å². The van der Waals surface area contributed by atoms with E-state index in [1.807, 2.05) is 0 Å². The first-order valence-electron chi connectivity index (χ1n) is 8.99. The number of rotatable bonds is 6. The van der Waals surface area contributed by atoms with Gasteiger partial charge >= 0.3 is 0 Å². The number of ketones is 2. The van der Waals surface area contributed by atoms with E-state index in [-0.39, 0.29) is 47.4 Å². The molecule has 1 aromatic carbocycles. The summed E-state index contributed by atoms with van der Waals surface area (Å²) in [7, 11) is -2.73. The molecular weight excluding hydrogens is 400 g/mol. The Morgan fingerprint density at radius 1 is 1.17 bits per heavy atom. The van der Waals surface area contributed by atoms with Crippen LogP contribution in [0, 0.1) is 0 Å². The molecule has 10 heteroatoms. The number of benzene rings is 1. The van der Waals surface area contributed by atoms with Crippen molar-refractivity contribution >= 4 is 38.4 Å². The molecule has 1 fully saturated rings. The minimum absolute atomic E-state index is 0.00834. The molecule has 0 unspecified atom stereocenters. The lowest BCUT2D eigenvalue weighted by Gasteiger charge is -2.17. The highest BCUT2D eigenvalue weighted by molar-refractivity contribution is 7.89. The number of nitrogens with zero attached hydrogens (tertiary/aromatic N) is 2. The van der Waals surface area contributed by atoms with Gasteiger partial charge in [0.2, 0.25) is 5.91 Å². The van der Waals surface area contributed by atoms with E-state index in [2.05, 4.69) is 0 Å². The molecule has 0 saturated carbocycles. The van der Waals surface area contributed by atoms with Crippen molar-refractivity contribution in [1.29, 1.82) is 0 Å². The van der Waals surface area contributed by atoms with E-state index in [0.717, 1.165) is 14.9 Å². The van der Waals surface area contributed by atoms with Crippen LogP contribution < -0.4 is 5.56 Å². The second kappa shape index (κ2) is 7.43. The Balaban J connectivity index is 2.17. The molecular formula is C19H20N2O7S. The molecule has 154 valence electrons. The van der Waals surface area contributed by atoms with Crippen molar-refractivity contribution < 1.29 is 27.9 Å². The average molecular weight is 420 g/mol. The summed E-state index contributed by atoms with van der Waals surface area (Å²) in [5.41, 5.74) is -1.01. The summed E-state index contributed by atoms with van der Waals surface area (Å²) >= 11 is 0. The van der Waals surface area contributed by atoms with Crippen molar-refractivity contribution in [3.8, 4) is 5.75 Å². The molecule has 1 aliphatic rings. The zero-order valence-corrected chi connectivity index (χ0v) is 16.8. The van der Waals surface area contributed by atoms with Gasteiger partial charge in [-0.1, -0.05) is 0 Å². The highest BCUT2D eigenvalue weighted by atomic mass is 32.2. The Morgan fingerprint density at radius 3 is 2.45 bits per heavy atom. The first-order valence-corrected chi connectivity index (χ1v) is 10.4. The van der Waals surface area contributed by atoms with Gasteiger partial charge in [-0.15, -0.1) is 0 Å². The van der Waals surface area contributed by atoms with Gasteiger partial charge in [0.15, 0.2) is 5.78 Å². The molecule has 0 bridgehead atoms. The number of amides is 1. The molecule has 2 aromatic rings. The summed E-state index contributed by atoms with van der Waals surface area (Å²) in [6, 6.07) is 3.74. The van der Waals surface area contributed by atoms with Crippen LogP contribution in [-0.4, -0.2) is 46.4 Å². The first-order chi connectivity index (χ1) is 13.6. The number of aromatic hydroxyl groups is 1. The zero-order chi connectivity index (χ0) is 21.5. The number of Topliss-reactive ketones (excluding diaryl/α,β-unsaturated/α-hetero) is 2. The van der Waals surface area contributed by atoms with E-state index in [1.165, 1.54) is 26.1 Å². The summed E-state index contributed by atoms with van der Waals surface area (Å²) in [6.07, 6.45) is 0.246. The molecule has 1 aromatic heterocycles. The van der Waals surface area contributed by atoms with Gasteiger partial charge in [0, 0.05) is 38.2 Å². The smallest absolute Gasteiger partial charge is 0.266 e. The second-order valence-corrected chi connectivity index (χ2v) is 8.83. The van der Waals surface area contributed by atoms with Crippen molar-refractivity contribution in [2.75, 3.05) is 6.54 Å². The van der Waals surface area contributed by atoms with E-state index >= 15 is 0 Å². The van der Waals surface area contributed by atoms with E-state index in [1.54, 1.807) is 0 Å². The minimum Gasteiger partial charge on any atom is -0.506 e.